The average molecular weight is 262 g/mol. The van der Waals surface area contributed by atoms with Gasteiger partial charge in [0, 0.05) is 16.9 Å². The molecule has 3 aliphatic carbocycles. The van der Waals surface area contributed by atoms with Gasteiger partial charge in [0.1, 0.15) is 0 Å². The molecule has 2 saturated carbocycles. The van der Waals surface area contributed by atoms with E-state index in [-0.39, 0.29) is 23.2 Å². The topological polar surface area (TPSA) is 63.6 Å². The zero-order chi connectivity index (χ0) is 13.4. The first-order valence-electron chi connectivity index (χ1n) is 7.12. The van der Waals surface area contributed by atoms with E-state index in [1.54, 1.807) is 0 Å². The van der Waals surface area contributed by atoms with Gasteiger partial charge in [-0.15, -0.1) is 0 Å². The number of aliphatic carboxylic acids is 1. The molecular formula is C15H18O4. The zero-order valence-corrected chi connectivity index (χ0v) is 11.0. The van der Waals surface area contributed by atoms with Crippen molar-refractivity contribution in [3.63, 3.8) is 0 Å². The summed E-state index contributed by atoms with van der Waals surface area (Å²) in [6.07, 6.45) is 5.46. The van der Waals surface area contributed by atoms with Crippen LogP contribution in [-0.2, 0) is 14.3 Å². The standard InChI is InChI=1S/C15H18O4/c1-14(13(17)18)8-2-4-10-12(16)19-7-9-3-5-11(14)15(9,10)6-8/h4,8-9,11H,2-3,5-7H2,1H3,(H,17,18)/t8-,9-,11+,14-,15+/m1/s1. The van der Waals surface area contributed by atoms with Gasteiger partial charge < -0.3 is 9.84 Å². The quantitative estimate of drug-likeness (QED) is 0.734. The van der Waals surface area contributed by atoms with Gasteiger partial charge >= 0.3 is 11.9 Å². The molecule has 0 radical (unpaired) electrons. The molecule has 2 bridgehead atoms. The first kappa shape index (κ1) is 11.5. The van der Waals surface area contributed by atoms with Crippen molar-refractivity contribution in [2.75, 3.05) is 6.61 Å². The van der Waals surface area contributed by atoms with Gasteiger partial charge in [0.2, 0.25) is 0 Å². The SMILES string of the molecule is C[C@@]1(C(=O)O)[C@@H]2CC=C3C(=O)OC[C@H]4CC[C@@H]1[C@]34C2. The van der Waals surface area contributed by atoms with E-state index >= 15 is 0 Å². The van der Waals surface area contributed by atoms with Crippen LogP contribution in [0.2, 0.25) is 0 Å². The molecule has 1 saturated heterocycles. The summed E-state index contributed by atoms with van der Waals surface area (Å²) in [5.41, 5.74) is -0.0665. The summed E-state index contributed by atoms with van der Waals surface area (Å²) in [4.78, 5) is 23.9. The van der Waals surface area contributed by atoms with Crippen molar-refractivity contribution in [1.29, 1.82) is 0 Å². The van der Waals surface area contributed by atoms with E-state index in [4.69, 9.17) is 4.74 Å². The molecule has 5 atom stereocenters. The number of esters is 1. The number of allylic oxidation sites excluding steroid dienone is 1. The third-order valence-electron chi connectivity index (χ3n) is 6.51. The fourth-order valence-corrected chi connectivity index (χ4v) is 5.59. The van der Waals surface area contributed by atoms with Gasteiger partial charge in [-0.25, -0.2) is 4.79 Å². The Labute approximate surface area is 111 Å². The number of carbonyl (C=O) groups excluding carboxylic acids is 1. The lowest BCUT2D eigenvalue weighted by Gasteiger charge is -2.42. The predicted octanol–water partition coefficient (Wildman–Crippen LogP) is 2.00. The molecule has 1 aliphatic heterocycles. The lowest BCUT2D eigenvalue weighted by Crippen LogP contribution is -2.44. The third kappa shape index (κ3) is 1.04. The third-order valence-corrected chi connectivity index (χ3v) is 6.51. The largest absolute Gasteiger partial charge is 0.481 e. The monoisotopic (exact) mass is 262 g/mol. The normalized spacial score (nSPS) is 50.5. The second-order valence-corrected chi connectivity index (χ2v) is 6.81. The van der Waals surface area contributed by atoms with Crippen molar-refractivity contribution >= 4 is 11.9 Å². The number of hydrogen-bond donors (Lipinski definition) is 1. The molecule has 1 heterocycles. The van der Waals surface area contributed by atoms with Gasteiger partial charge in [0.05, 0.1) is 12.0 Å². The van der Waals surface area contributed by atoms with Crippen molar-refractivity contribution in [2.45, 2.75) is 32.6 Å². The van der Waals surface area contributed by atoms with Crippen molar-refractivity contribution in [1.82, 2.24) is 0 Å². The van der Waals surface area contributed by atoms with E-state index in [2.05, 4.69) is 0 Å². The number of carboxylic acids is 1. The van der Waals surface area contributed by atoms with Crippen LogP contribution >= 0.6 is 0 Å². The first-order valence-corrected chi connectivity index (χ1v) is 7.12. The molecule has 4 aliphatic rings. The lowest BCUT2D eigenvalue weighted by atomic mass is 9.63. The Balaban J connectivity index is 1.92. The highest BCUT2D eigenvalue weighted by Gasteiger charge is 2.72. The molecule has 4 nitrogen and oxygen atoms in total. The molecule has 1 spiro atoms. The molecule has 0 aromatic rings. The van der Waals surface area contributed by atoms with Crippen LogP contribution in [0.5, 0.6) is 0 Å². The molecule has 4 heteroatoms. The van der Waals surface area contributed by atoms with Crippen LogP contribution in [0.15, 0.2) is 11.6 Å². The van der Waals surface area contributed by atoms with Crippen molar-refractivity contribution in [2.24, 2.45) is 28.6 Å². The van der Waals surface area contributed by atoms with Crippen LogP contribution in [0, 0.1) is 28.6 Å². The number of carboxylic acid groups (broad SMARTS) is 1. The van der Waals surface area contributed by atoms with Gasteiger partial charge in [-0.2, -0.15) is 0 Å². The van der Waals surface area contributed by atoms with Crippen LogP contribution in [-0.4, -0.2) is 23.7 Å². The Hall–Kier alpha value is -1.32. The smallest absolute Gasteiger partial charge is 0.334 e. The van der Waals surface area contributed by atoms with Gasteiger partial charge in [-0.05, 0) is 44.4 Å². The van der Waals surface area contributed by atoms with Crippen molar-refractivity contribution in [3.05, 3.63) is 11.6 Å². The van der Waals surface area contributed by atoms with Crippen molar-refractivity contribution < 1.29 is 19.4 Å². The maximum absolute atomic E-state index is 12.1. The van der Waals surface area contributed by atoms with E-state index in [0.717, 1.165) is 24.8 Å². The second kappa shape index (κ2) is 3.22. The molecular weight excluding hydrogens is 244 g/mol. The lowest BCUT2D eigenvalue weighted by molar-refractivity contribution is -0.155. The summed E-state index contributed by atoms with van der Waals surface area (Å²) < 4.78 is 5.30. The molecule has 0 aromatic heterocycles. The van der Waals surface area contributed by atoms with E-state index in [1.807, 2.05) is 13.0 Å². The number of carbonyl (C=O) groups is 2. The maximum atomic E-state index is 12.1. The minimum absolute atomic E-state index is 0.106. The first-order chi connectivity index (χ1) is 9.01. The number of fused-ring (bicyclic) bond motifs is 1. The summed E-state index contributed by atoms with van der Waals surface area (Å²) in [5, 5.41) is 9.75. The Kier molecular flexibility index (Phi) is 1.95. The molecule has 4 rings (SSSR count). The van der Waals surface area contributed by atoms with Gasteiger partial charge in [-0.3, -0.25) is 4.79 Å². The minimum Gasteiger partial charge on any atom is -0.481 e. The number of cyclic esters (lactones) is 1. The molecule has 0 unspecified atom stereocenters. The van der Waals surface area contributed by atoms with Crippen LogP contribution < -0.4 is 0 Å². The van der Waals surface area contributed by atoms with Gasteiger partial charge in [0.15, 0.2) is 0 Å². The highest BCUT2D eigenvalue weighted by molar-refractivity contribution is 5.92. The van der Waals surface area contributed by atoms with E-state index in [0.29, 0.717) is 18.9 Å². The Morgan fingerprint density at radius 3 is 2.95 bits per heavy atom. The molecule has 0 aromatic carbocycles. The Bertz CT molecular complexity index is 522. The number of rotatable bonds is 1. The van der Waals surface area contributed by atoms with Crippen LogP contribution in [0.3, 0.4) is 0 Å². The fourth-order valence-electron chi connectivity index (χ4n) is 5.59. The molecule has 3 fully saturated rings. The van der Waals surface area contributed by atoms with E-state index in [1.165, 1.54) is 0 Å². The number of ether oxygens (including phenoxy) is 1. The highest BCUT2D eigenvalue weighted by Crippen LogP contribution is 2.73. The second-order valence-electron chi connectivity index (χ2n) is 6.81. The molecule has 19 heavy (non-hydrogen) atoms. The Morgan fingerprint density at radius 1 is 1.42 bits per heavy atom. The average Bonchev–Trinajstić information content (AvgIpc) is 2.82. The van der Waals surface area contributed by atoms with Gasteiger partial charge in [0.25, 0.3) is 0 Å². The minimum atomic E-state index is -0.686. The molecule has 0 amide bonds. The zero-order valence-electron chi connectivity index (χ0n) is 11.0. The highest BCUT2D eigenvalue weighted by atomic mass is 16.5. The summed E-state index contributed by atoms with van der Waals surface area (Å²) in [6, 6.07) is 0. The summed E-state index contributed by atoms with van der Waals surface area (Å²) in [6.45, 7) is 2.38. The summed E-state index contributed by atoms with van der Waals surface area (Å²) in [7, 11) is 0. The summed E-state index contributed by atoms with van der Waals surface area (Å²) in [5.74, 6) is -0.267. The van der Waals surface area contributed by atoms with Gasteiger partial charge in [-0.1, -0.05) is 6.08 Å². The fraction of sp³-hybridized carbons (Fsp3) is 0.733. The maximum Gasteiger partial charge on any atom is 0.334 e. The molecule has 1 N–H and O–H groups in total. The molecule has 102 valence electrons. The predicted molar refractivity (Wildman–Crippen MR) is 66.2 cm³/mol. The van der Waals surface area contributed by atoms with Crippen LogP contribution in [0.4, 0.5) is 0 Å². The van der Waals surface area contributed by atoms with E-state index < -0.39 is 11.4 Å². The summed E-state index contributed by atoms with van der Waals surface area (Å²) >= 11 is 0. The van der Waals surface area contributed by atoms with Crippen LogP contribution in [0.1, 0.15) is 32.6 Å². The van der Waals surface area contributed by atoms with Crippen LogP contribution in [0.25, 0.3) is 0 Å². The van der Waals surface area contributed by atoms with Crippen molar-refractivity contribution in [3.8, 4) is 0 Å². The number of hydrogen-bond acceptors (Lipinski definition) is 3. The Morgan fingerprint density at radius 2 is 2.21 bits per heavy atom. The van der Waals surface area contributed by atoms with E-state index in [9.17, 15) is 14.7 Å².